The number of carbonyl (C=O) groups is 1. The molecule has 3 nitrogen and oxygen atoms in total. The van der Waals surface area contributed by atoms with E-state index in [4.69, 9.17) is 5.73 Å². The second-order valence-electron chi connectivity index (χ2n) is 6.95. The molecule has 0 heterocycles. The number of hydrogen-bond donors (Lipinski definition) is 2. The van der Waals surface area contributed by atoms with Crippen molar-refractivity contribution in [2.24, 2.45) is 23.5 Å². The highest BCUT2D eigenvalue weighted by molar-refractivity contribution is 5.94. The van der Waals surface area contributed by atoms with Crippen molar-refractivity contribution >= 4 is 11.6 Å². The Labute approximate surface area is 127 Å². The summed E-state index contributed by atoms with van der Waals surface area (Å²) in [6.45, 7) is 4.10. The van der Waals surface area contributed by atoms with E-state index >= 15 is 0 Å². The van der Waals surface area contributed by atoms with Crippen molar-refractivity contribution in [3.63, 3.8) is 0 Å². The molecule has 114 valence electrons. The molecule has 0 aliphatic heterocycles. The van der Waals surface area contributed by atoms with Crippen LogP contribution in [0.4, 0.5) is 5.69 Å². The Balaban J connectivity index is 1.72. The van der Waals surface area contributed by atoms with E-state index in [1.54, 1.807) is 0 Å². The second kappa shape index (κ2) is 5.80. The summed E-state index contributed by atoms with van der Waals surface area (Å²) in [5, 5.41) is 3.17. The Morgan fingerprint density at radius 2 is 1.71 bits per heavy atom. The van der Waals surface area contributed by atoms with Crippen molar-refractivity contribution in [1.82, 2.24) is 0 Å². The zero-order chi connectivity index (χ0) is 15.0. The maximum atomic E-state index is 12.7. The van der Waals surface area contributed by atoms with Gasteiger partial charge in [0.15, 0.2) is 0 Å². The first-order chi connectivity index (χ1) is 10.1. The van der Waals surface area contributed by atoms with Crippen LogP contribution in [0.5, 0.6) is 0 Å². The van der Waals surface area contributed by atoms with Crippen molar-refractivity contribution in [2.45, 2.75) is 52.0 Å². The number of nitrogens with one attached hydrogen (secondary N) is 1. The molecule has 2 bridgehead atoms. The van der Waals surface area contributed by atoms with Gasteiger partial charge in [0.05, 0.1) is 0 Å². The van der Waals surface area contributed by atoms with Gasteiger partial charge in [-0.2, -0.15) is 0 Å². The normalized spacial score (nSPS) is 31.8. The van der Waals surface area contributed by atoms with E-state index in [0.717, 1.165) is 29.7 Å². The molecule has 1 amide bonds. The van der Waals surface area contributed by atoms with Crippen molar-refractivity contribution in [3.8, 4) is 0 Å². The smallest absolute Gasteiger partial charge is 0.227 e. The predicted molar refractivity (Wildman–Crippen MR) is 86.1 cm³/mol. The van der Waals surface area contributed by atoms with Gasteiger partial charge in [0.25, 0.3) is 0 Å². The lowest BCUT2D eigenvalue weighted by atomic mass is 9.65. The summed E-state index contributed by atoms with van der Waals surface area (Å²) in [6.07, 6.45) is 5.62. The van der Waals surface area contributed by atoms with Crippen LogP contribution in [0.15, 0.2) is 18.2 Å². The van der Waals surface area contributed by atoms with E-state index in [0.29, 0.717) is 17.9 Å². The molecule has 3 heteroatoms. The summed E-state index contributed by atoms with van der Waals surface area (Å²) in [4.78, 5) is 12.7. The van der Waals surface area contributed by atoms with Gasteiger partial charge in [0.1, 0.15) is 0 Å². The molecule has 2 unspecified atom stereocenters. The molecule has 0 saturated heterocycles. The van der Waals surface area contributed by atoms with E-state index in [9.17, 15) is 4.79 Å². The van der Waals surface area contributed by atoms with Gasteiger partial charge in [-0.1, -0.05) is 24.6 Å². The molecule has 3 rings (SSSR count). The van der Waals surface area contributed by atoms with Crippen molar-refractivity contribution < 1.29 is 4.79 Å². The Morgan fingerprint density at radius 1 is 1.14 bits per heavy atom. The number of anilines is 1. The Kier molecular flexibility index (Phi) is 4.03. The number of fused-ring (bicyclic) bond motifs is 2. The van der Waals surface area contributed by atoms with Gasteiger partial charge in [0, 0.05) is 17.6 Å². The molecule has 1 aromatic carbocycles. The largest absolute Gasteiger partial charge is 0.327 e. The van der Waals surface area contributed by atoms with E-state index in [1.165, 1.54) is 19.3 Å². The molecule has 0 spiro atoms. The number of para-hydroxylation sites is 1. The summed E-state index contributed by atoms with van der Waals surface area (Å²) < 4.78 is 0. The fourth-order valence-electron chi connectivity index (χ4n) is 4.24. The van der Waals surface area contributed by atoms with E-state index in [2.05, 4.69) is 5.32 Å². The number of amides is 1. The highest BCUT2D eigenvalue weighted by Crippen LogP contribution is 2.42. The molecule has 0 aromatic heterocycles. The molecular formula is C18H26N2O. The highest BCUT2D eigenvalue weighted by Gasteiger charge is 2.40. The lowest BCUT2D eigenvalue weighted by Gasteiger charge is -2.43. The Morgan fingerprint density at radius 3 is 2.29 bits per heavy atom. The molecule has 2 atom stereocenters. The summed E-state index contributed by atoms with van der Waals surface area (Å²) in [6, 6.07) is 6.45. The number of nitrogens with two attached hydrogens (primary N) is 1. The van der Waals surface area contributed by atoms with Gasteiger partial charge in [-0.05, 0) is 62.5 Å². The summed E-state index contributed by atoms with van der Waals surface area (Å²) in [7, 11) is 0. The Bertz CT molecular complexity index is 506. The third-order valence-electron chi connectivity index (χ3n) is 5.51. The average molecular weight is 286 g/mol. The van der Waals surface area contributed by atoms with Gasteiger partial charge < -0.3 is 11.1 Å². The summed E-state index contributed by atoms with van der Waals surface area (Å²) >= 11 is 0. The van der Waals surface area contributed by atoms with Crippen molar-refractivity contribution in [1.29, 1.82) is 0 Å². The standard InChI is InChI=1S/C18H26N2O/c1-11-5-3-6-12(2)17(11)20-18(21)15-9-13-7-4-8-14(10-15)16(13)19/h3,5-6,13-16H,4,7-10,19H2,1-2H3,(H,20,21). The molecule has 2 aliphatic carbocycles. The lowest BCUT2D eigenvalue weighted by molar-refractivity contribution is -0.122. The molecule has 2 aliphatic rings. The zero-order valence-corrected chi connectivity index (χ0v) is 13.1. The predicted octanol–water partition coefficient (Wildman–Crippen LogP) is 3.40. The SMILES string of the molecule is Cc1cccc(C)c1NC(=O)C1CC2CCCC(C1)C2N. The van der Waals surface area contributed by atoms with Crippen LogP contribution in [0.1, 0.15) is 43.2 Å². The fraction of sp³-hybridized carbons (Fsp3) is 0.611. The topological polar surface area (TPSA) is 55.1 Å². The quantitative estimate of drug-likeness (QED) is 0.875. The van der Waals surface area contributed by atoms with Crippen LogP contribution in [0.3, 0.4) is 0 Å². The van der Waals surface area contributed by atoms with Crippen LogP contribution in [-0.2, 0) is 4.79 Å². The van der Waals surface area contributed by atoms with E-state index in [-0.39, 0.29) is 11.8 Å². The molecular weight excluding hydrogens is 260 g/mol. The molecule has 21 heavy (non-hydrogen) atoms. The first kappa shape index (κ1) is 14.6. The van der Waals surface area contributed by atoms with Crippen LogP contribution in [-0.4, -0.2) is 11.9 Å². The minimum absolute atomic E-state index is 0.138. The van der Waals surface area contributed by atoms with Crippen LogP contribution >= 0.6 is 0 Å². The van der Waals surface area contributed by atoms with E-state index < -0.39 is 0 Å². The maximum absolute atomic E-state index is 12.7. The third-order valence-corrected chi connectivity index (χ3v) is 5.51. The minimum Gasteiger partial charge on any atom is -0.327 e. The van der Waals surface area contributed by atoms with Crippen LogP contribution in [0.2, 0.25) is 0 Å². The van der Waals surface area contributed by atoms with Crippen LogP contribution < -0.4 is 11.1 Å². The van der Waals surface area contributed by atoms with Gasteiger partial charge in [-0.3, -0.25) is 4.79 Å². The first-order valence-electron chi connectivity index (χ1n) is 8.19. The average Bonchev–Trinajstić information content (AvgIpc) is 2.42. The fourth-order valence-corrected chi connectivity index (χ4v) is 4.24. The highest BCUT2D eigenvalue weighted by atomic mass is 16.1. The number of hydrogen-bond acceptors (Lipinski definition) is 2. The van der Waals surface area contributed by atoms with Crippen LogP contribution in [0, 0.1) is 31.6 Å². The number of rotatable bonds is 2. The zero-order valence-electron chi connectivity index (χ0n) is 13.1. The molecule has 2 saturated carbocycles. The van der Waals surface area contributed by atoms with Crippen LogP contribution in [0.25, 0.3) is 0 Å². The van der Waals surface area contributed by atoms with Gasteiger partial charge in [-0.25, -0.2) is 0 Å². The summed E-state index contributed by atoms with van der Waals surface area (Å²) in [5.41, 5.74) is 9.57. The molecule has 2 fully saturated rings. The molecule has 1 aromatic rings. The Hall–Kier alpha value is -1.35. The number of benzene rings is 1. The van der Waals surface area contributed by atoms with Gasteiger partial charge in [-0.15, -0.1) is 0 Å². The maximum Gasteiger partial charge on any atom is 0.227 e. The van der Waals surface area contributed by atoms with Gasteiger partial charge >= 0.3 is 0 Å². The lowest BCUT2D eigenvalue weighted by Crippen LogP contribution is -2.48. The third kappa shape index (κ3) is 2.84. The summed E-state index contributed by atoms with van der Waals surface area (Å²) in [5.74, 6) is 1.42. The van der Waals surface area contributed by atoms with E-state index in [1.807, 2.05) is 32.0 Å². The second-order valence-corrected chi connectivity index (χ2v) is 6.95. The number of aryl methyl sites for hydroxylation is 2. The molecule has 0 radical (unpaired) electrons. The first-order valence-corrected chi connectivity index (χ1v) is 8.19. The van der Waals surface area contributed by atoms with Crippen molar-refractivity contribution in [3.05, 3.63) is 29.3 Å². The van der Waals surface area contributed by atoms with Gasteiger partial charge in [0.2, 0.25) is 5.91 Å². The molecule has 3 N–H and O–H groups in total. The minimum atomic E-state index is 0.138. The monoisotopic (exact) mass is 286 g/mol. The number of carbonyl (C=O) groups excluding carboxylic acids is 1. The van der Waals surface area contributed by atoms with Crippen molar-refractivity contribution in [2.75, 3.05) is 5.32 Å².